The zero-order valence-corrected chi connectivity index (χ0v) is 9.18. The van der Waals surface area contributed by atoms with Crippen LogP contribution in [0.5, 0.6) is 5.75 Å². The first-order chi connectivity index (χ1) is 7.83. The van der Waals surface area contributed by atoms with Gasteiger partial charge in [0.25, 0.3) is 0 Å². The summed E-state index contributed by atoms with van der Waals surface area (Å²) in [6, 6.07) is 7.96. The van der Waals surface area contributed by atoms with Gasteiger partial charge < -0.3 is 9.47 Å². The zero-order valence-electron chi connectivity index (χ0n) is 9.18. The van der Waals surface area contributed by atoms with Gasteiger partial charge in [-0.25, -0.2) is 0 Å². The molecular formula is C13H14O3. The molecule has 1 aromatic carbocycles. The molecule has 0 spiro atoms. The number of ether oxygens (including phenoxy) is 2. The molecule has 1 fully saturated rings. The Hall–Kier alpha value is -1.51. The molecule has 1 aromatic rings. The molecule has 3 nitrogen and oxygen atoms in total. The van der Waals surface area contributed by atoms with E-state index in [0.717, 1.165) is 11.3 Å². The summed E-state index contributed by atoms with van der Waals surface area (Å²) in [5, 5.41) is 0. The molecule has 0 amide bonds. The molecule has 3 unspecified atom stereocenters. The van der Waals surface area contributed by atoms with Crippen LogP contribution in [0.25, 0.3) is 0 Å². The van der Waals surface area contributed by atoms with Crippen molar-refractivity contribution < 1.29 is 14.3 Å². The number of fused-ring (bicyclic) bond motifs is 3. The van der Waals surface area contributed by atoms with Crippen LogP contribution in [0.4, 0.5) is 0 Å². The van der Waals surface area contributed by atoms with Gasteiger partial charge in [0.05, 0.1) is 19.1 Å². The minimum atomic E-state index is -0.0715. The Morgan fingerprint density at radius 3 is 3.12 bits per heavy atom. The standard InChI is InChI=1S/C13H14O3/c1-2-15-13(14)12-9-7-16-10-6-4-3-5-8(10)11(9)12/h3-6,9,11-12H,2,7H2,1H3. The molecule has 0 bridgehead atoms. The molecule has 16 heavy (non-hydrogen) atoms. The predicted octanol–water partition coefficient (Wildman–Crippen LogP) is 1.97. The van der Waals surface area contributed by atoms with Gasteiger partial charge in [-0.2, -0.15) is 0 Å². The number of carbonyl (C=O) groups excluding carboxylic acids is 1. The van der Waals surface area contributed by atoms with Crippen LogP contribution in [0.15, 0.2) is 24.3 Å². The Morgan fingerprint density at radius 1 is 1.50 bits per heavy atom. The molecule has 3 heteroatoms. The monoisotopic (exact) mass is 218 g/mol. The topological polar surface area (TPSA) is 35.5 Å². The van der Waals surface area contributed by atoms with Crippen molar-refractivity contribution in [3.8, 4) is 5.75 Å². The van der Waals surface area contributed by atoms with Crippen molar-refractivity contribution in [3.63, 3.8) is 0 Å². The van der Waals surface area contributed by atoms with Crippen LogP contribution >= 0.6 is 0 Å². The van der Waals surface area contributed by atoms with E-state index in [4.69, 9.17) is 9.47 Å². The van der Waals surface area contributed by atoms with Crippen molar-refractivity contribution in [2.45, 2.75) is 12.8 Å². The van der Waals surface area contributed by atoms with Crippen molar-refractivity contribution in [3.05, 3.63) is 29.8 Å². The Morgan fingerprint density at radius 2 is 2.31 bits per heavy atom. The van der Waals surface area contributed by atoms with Gasteiger partial charge in [-0.3, -0.25) is 4.79 Å². The molecule has 84 valence electrons. The largest absolute Gasteiger partial charge is 0.493 e. The van der Waals surface area contributed by atoms with Crippen LogP contribution in [-0.2, 0) is 9.53 Å². The second-order valence-corrected chi connectivity index (χ2v) is 4.32. The van der Waals surface area contributed by atoms with Crippen molar-refractivity contribution in [2.75, 3.05) is 13.2 Å². The van der Waals surface area contributed by atoms with E-state index >= 15 is 0 Å². The van der Waals surface area contributed by atoms with Crippen LogP contribution in [0.1, 0.15) is 18.4 Å². The van der Waals surface area contributed by atoms with Crippen molar-refractivity contribution in [1.29, 1.82) is 0 Å². The lowest BCUT2D eigenvalue weighted by Gasteiger charge is -2.15. The number of carbonyl (C=O) groups is 1. The fourth-order valence-electron chi connectivity index (χ4n) is 2.64. The van der Waals surface area contributed by atoms with Crippen molar-refractivity contribution >= 4 is 5.97 Å². The second kappa shape index (κ2) is 3.51. The smallest absolute Gasteiger partial charge is 0.309 e. The summed E-state index contributed by atoms with van der Waals surface area (Å²) >= 11 is 0. The number of rotatable bonds is 2. The summed E-state index contributed by atoms with van der Waals surface area (Å²) in [5.74, 6) is 1.52. The molecule has 1 aliphatic heterocycles. The molecule has 1 aliphatic carbocycles. The van der Waals surface area contributed by atoms with Crippen LogP contribution in [0, 0.1) is 11.8 Å². The minimum absolute atomic E-state index is 0.0172. The van der Waals surface area contributed by atoms with Crippen LogP contribution in [-0.4, -0.2) is 19.2 Å². The second-order valence-electron chi connectivity index (χ2n) is 4.32. The Bertz CT molecular complexity index is 427. The van der Waals surface area contributed by atoms with Crippen LogP contribution in [0.3, 0.4) is 0 Å². The highest BCUT2D eigenvalue weighted by Gasteiger charge is 2.59. The predicted molar refractivity (Wildman–Crippen MR) is 58.3 cm³/mol. The normalized spacial score (nSPS) is 29.7. The maximum Gasteiger partial charge on any atom is 0.309 e. The SMILES string of the molecule is CCOC(=O)C1C2COc3ccccc3C21. The lowest BCUT2D eigenvalue weighted by molar-refractivity contribution is -0.145. The fourth-order valence-corrected chi connectivity index (χ4v) is 2.64. The van der Waals surface area contributed by atoms with Gasteiger partial charge in [0.15, 0.2) is 0 Å². The summed E-state index contributed by atoms with van der Waals surface area (Å²) in [4.78, 5) is 11.7. The van der Waals surface area contributed by atoms with Gasteiger partial charge >= 0.3 is 5.97 Å². The first-order valence-electron chi connectivity index (χ1n) is 5.71. The number of hydrogen-bond donors (Lipinski definition) is 0. The highest BCUT2D eigenvalue weighted by Crippen LogP contribution is 2.59. The molecule has 2 aliphatic rings. The van der Waals surface area contributed by atoms with Crippen molar-refractivity contribution in [1.82, 2.24) is 0 Å². The van der Waals surface area contributed by atoms with Gasteiger partial charge in [0, 0.05) is 11.8 Å². The first kappa shape index (κ1) is 9.70. The molecule has 0 saturated heterocycles. The van der Waals surface area contributed by atoms with E-state index in [1.807, 2.05) is 31.2 Å². The van der Waals surface area contributed by atoms with Crippen molar-refractivity contribution in [2.24, 2.45) is 11.8 Å². The Balaban J connectivity index is 1.85. The van der Waals surface area contributed by atoms with Gasteiger partial charge in [-0.15, -0.1) is 0 Å². The van der Waals surface area contributed by atoms with Gasteiger partial charge in [-0.1, -0.05) is 18.2 Å². The molecule has 1 heterocycles. The summed E-state index contributed by atoms with van der Waals surface area (Å²) in [7, 11) is 0. The first-order valence-corrected chi connectivity index (χ1v) is 5.71. The van der Waals surface area contributed by atoms with Crippen LogP contribution in [0.2, 0.25) is 0 Å². The van der Waals surface area contributed by atoms with Gasteiger partial charge in [-0.05, 0) is 18.6 Å². The molecule has 1 saturated carbocycles. The van der Waals surface area contributed by atoms with E-state index in [2.05, 4.69) is 0 Å². The highest BCUT2D eigenvalue weighted by atomic mass is 16.5. The highest BCUT2D eigenvalue weighted by molar-refractivity contribution is 5.79. The average molecular weight is 218 g/mol. The summed E-state index contributed by atoms with van der Waals surface area (Å²) in [6.45, 7) is 2.94. The van der Waals surface area contributed by atoms with E-state index in [1.54, 1.807) is 0 Å². The average Bonchev–Trinajstić information content (AvgIpc) is 3.04. The zero-order chi connectivity index (χ0) is 11.1. The molecule has 3 atom stereocenters. The number of benzene rings is 1. The molecular weight excluding hydrogens is 204 g/mol. The summed E-state index contributed by atoms with van der Waals surface area (Å²) in [6.07, 6.45) is 0. The third-order valence-electron chi connectivity index (χ3n) is 3.44. The molecule has 3 rings (SSSR count). The Labute approximate surface area is 94.4 Å². The van der Waals surface area contributed by atoms with E-state index in [-0.39, 0.29) is 11.9 Å². The third kappa shape index (κ3) is 1.31. The minimum Gasteiger partial charge on any atom is -0.493 e. The molecule has 0 aromatic heterocycles. The molecule has 0 radical (unpaired) electrons. The summed E-state index contributed by atoms with van der Waals surface area (Å²) < 4.78 is 10.7. The maximum atomic E-state index is 11.7. The van der Waals surface area contributed by atoms with Gasteiger partial charge in [0.1, 0.15) is 5.75 Å². The lowest BCUT2D eigenvalue weighted by atomic mass is 10.1. The Kier molecular flexibility index (Phi) is 2.13. The third-order valence-corrected chi connectivity index (χ3v) is 3.44. The van der Waals surface area contributed by atoms with E-state index in [1.165, 1.54) is 0 Å². The van der Waals surface area contributed by atoms with E-state index in [0.29, 0.717) is 25.0 Å². The van der Waals surface area contributed by atoms with Crippen LogP contribution < -0.4 is 4.74 Å². The fraction of sp³-hybridized carbons (Fsp3) is 0.462. The maximum absolute atomic E-state index is 11.7. The van der Waals surface area contributed by atoms with E-state index < -0.39 is 0 Å². The number of hydrogen-bond acceptors (Lipinski definition) is 3. The number of esters is 1. The lowest BCUT2D eigenvalue weighted by Crippen LogP contribution is -2.10. The van der Waals surface area contributed by atoms with E-state index in [9.17, 15) is 4.79 Å². The summed E-state index contributed by atoms with van der Waals surface area (Å²) in [5.41, 5.74) is 1.16. The quantitative estimate of drug-likeness (QED) is 0.712. The van der Waals surface area contributed by atoms with Gasteiger partial charge in [0.2, 0.25) is 0 Å². The number of para-hydroxylation sites is 1. The molecule has 0 N–H and O–H groups in total.